The molecule has 1 spiro atoms. The molecule has 2 N–H and O–H groups in total. The first kappa shape index (κ1) is 18.8. The van der Waals surface area contributed by atoms with Crippen molar-refractivity contribution < 1.29 is 19.1 Å². The summed E-state index contributed by atoms with van der Waals surface area (Å²) in [7, 11) is 3.20. The van der Waals surface area contributed by atoms with Crippen molar-refractivity contribution in [2.75, 3.05) is 18.6 Å². The summed E-state index contributed by atoms with van der Waals surface area (Å²) in [5.41, 5.74) is 5.58. The molecule has 0 bridgehead atoms. The predicted octanol–water partition coefficient (Wildman–Crippen LogP) is 1.08. The summed E-state index contributed by atoms with van der Waals surface area (Å²) in [6.07, 6.45) is 0. The van der Waals surface area contributed by atoms with Crippen LogP contribution in [0.15, 0.2) is 46.6 Å². The number of hydrogen-bond donors (Lipinski definition) is 1. The monoisotopic (exact) mass is 395 g/mol. The van der Waals surface area contributed by atoms with Crippen molar-refractivity contribution in [2.24, 2.45) is 12.8 Å². The molecule has 1 amide bonds. The lowest BCUT2D eigenvalue weighted by Crippen LogP contribution is -2.51. The second-order valence-electron chi connectivity index (χ2n) is 7.08. The van der Waals surface area contributed by atoms with Gasteiger partial charge in [-0.2, -0.15) is 0 Å². The number of pyridine rings is 1. The van der Waals surface area contributed by atoms with E-state index in [9.17, 15) is 14.4 Å². The minimum absolute atomic E-state index is 0.0599. The third kappa shape index (κ3) is 2.22. The van der Waals surface area contributed by atoms with E-state index in [0.29, 0.717) is 16.9 Å². The largest absolute Gasteiger partial charge is 0.462 e. The van der Waals surface area contributed by atoms with Gasteiger partial charge in [-0.25, -0.2) is 4.79 Å². The lowest BCUT2D eigenvalue weighted by atomic mass is 9.68. The number of amides is 1. The molecule has 1 aromatic heterocycles. The Bertz CT molecular complexity index is 1160. The quantitative estimate of drug-likeness (QED) is 0.764. The molecule has 2 aliphatic heterocycles. The number of nitrogens with two attached hydrogens (primary N) is 1. The Hall–Kier alpha value is -3.55. The SMILES string of the molecule is CCOC(=O)C1=C(N)Oc2cc(C)n(C)c(=O)c2[C@@]12C(=O)N(C)c1ccccc12. The van der Waals surface area contributed by atoms with E-state index in [-0.39, 0.29) is 29.4 Å². The number of carbonyl (C=O) groups excluding carboxylic acids is 2. The van der Waals surface area contributed by atoms with Gasteiger partial charge in [0.1, 0.15) is 16.7 Å². The molecule has 0 radical (unpaired) electrons. The lowest BCUT2D eigenvalue weighted by molar-refractivity contribution is -0.140. The number of aromatic nitrogens is 1. The number of rotatable bonds is 2. The molecule has 1 atom stereocenters. The number of carbonyl (C=O) groups is 2. The molecule has 8 nitrogen and oxygen atoms in total. The van der Waals surface area contributed by atoms with Gasteiger partial charge in [-0.05, 0) is 19.9 Å². The second kappa shape index (κ2) is 6.23. The van der Waals surface area contributed by atoms with Crippen LogP contribution in [0.25, 0.3) is 0 Å². The van der Waals surface area contributed by atoms with Crippen LogP contribution in [0.3, 0.4) is 0 Å². The van der Waals surface area contributed by atoms with E-state index >= 15 is 0 Å². The Morgan fingerprint density at radius 3 is 2.62 bits per heavy atom. The molecule has 0 saturated carbocycles. The van der Waals surface area contributed by atoms with Gasteiger partial charge in [0.15, 0.2) is 0 Å². The van der Waals surface area contributed by atoms with Gasteiger partial charge in [0.2, 0.25) is 11.8 Å². The third-order valence-corrected chi connectivity index (χ3v) is 5.62. The van der Waals surface area contributed by atoms with Crippen molar-refractivity contribution in [1.29, 1.82) is 0 Å². The van der Waals surface area contributed by atoms with Crippen molar-refractivity contribution in [3.63, 3.8) is 0 Å². The fraction of sp³-hybridized carbons (Fsp3) is 0.286. The van der Waals surface area contributed by atoms with Gasteiger partial charge >= 0.3 is 5.97 Å². The number of likely N-dealkylation sites (N-methyl/N-ethyl adjacent to an activating group) is 1. The Morgan fingerprint density at radius 2 is 1.93 bits per heavy atom. The van der Waals surface area contributed by atoms with Gasteiger partial charge in [0.25, 0.3) is 5.56 Å². The molecule has 1 aromatic carbocycles. The molecule has 0 aliphatic carbocycles. The Balaban J connectivity index is 2.21. The van der Waals surface area contributed by atoms with Crippen LogP contribution >= 0.6 is 0 Å². The third-order valence-electron chi connectivity index (χ3n) is 5.62. The van der Waals surface area contributed by atoms with Gasteiger partial charge in [0.05, 0.1) is 12.2 Å². The van der Waals surface area contributed by atoms with Crippen molar-refractivity contribution >= 4 is 17.6 Å². The van der Waals surface area contributed by atoms with Gasteiger partial charge in [0, 0.05) is 37.1 Å². The highest BCUT2D eigenvalue weighted by atomic mass is 16.5. The van der Waals surface area contributed by atoms with Gasteiger partial charge in [-0.15, -0.1) is 0 Å². The predicted molar refractivity (Wildman–Crippen MR) is 106 cm³/mol. The zero-order valence-corrected chi connectivity index (χ0v) is 16.6. The zero-order chi connectivity index (χ0) is 21.1. The summed E-state index contributed by atoms with van der Waals surface area (Å²) in [6, 6.07) is 8.65. The number of esters is 1. The molecule has 2 aromatic rings. The summed E-state index contributed by atoms with van der Waals surface area (Å²) >= 11 is 0. The fourth-order valence-electron chi connectivity index (χ4n) is 4.20. The van der Waals surface area contributed by atoms with Crippen LogP contribution in [0.1, 0.15) is 23.7 Å². The number of benzene rings is 1. The number of hydrogen-bond acceptors (Lipinski definition) is 6. The van der Waals surface area contributed by atoms with E-state index in [1.165, 1.54) is 9.47 Å². The van der Waals surface area contributed by atoms with Crippen LogP contribution in [0.5, 0.6) is 5.75 Å². The Kier molecular flexibility index (Phi) is 4.04. The van der Waals surface area contributed by atoms with E-state index in [1.54, 1.807) is 58.3 Å². The number of nitrogens with zero attached hydrogens (tertiary/aromatic N) is 2. The first-order valence-corrected chi connectivity index (χ1v) is 9.20. The standard InChI is InChI=1S/C21H21N3O5/c1-5-28-19(26)16-17(22)29-14-10-11(2)23(3)18(25)15(14)21(16)12-8-6-7-9-13(12)24(4)20(21)27/h6-10H,5,22H2,1-4H3/t21-/m1/s1. The number of aryl methyl sites for hydroxylation is 1. The maximum Gasteiger partial charge on any atom is 0.341 e. The van der Waals surface area contributed by atoms with Crippen molar-refractivity contribution in [3.8, 4) is 5.75 Å². The number of anilines is 1. The molecule has 29 heavy (non-hydrogen) atoms. The molecule has 3 heterocycles. The average Bonchev–Trinajstić information content (AvgIpc) is 2.89. The smallest absolute Gasteiger partial charge is 0.341 e. The van der Waals surface area contributed by atoms with Crippen LogP contribution in [0.2, 0.25) is 0 Å². The molecule has 0 fully saturated rings. The van der Waals surface area contributed by atoms with E-state index in [2.05, 4.69) is 0 Å². The van der Waals surface area contributed by atoms with E-state index in [0.717, 1.165) is 0 Å². The number of para-hydroxylation sites is 1. The zero-order valence-electron chi connectivity index (χ0n) is 16.6. The summed E-state index contributed by atoms with van der Waals surface area (Å²) in [5.74, 6) is -1.34. The van der Waals surface area contributed by atoms with Crippen molar-refractivity contribution in [3.05, 3.63) is 69.0 Å². The maximum absolute atomic E-state index is 13.7. The Labute approximate surface area is 167 Å². The molecule has 8 heteroatoms. The average molecular weight is 395 g/mol. The maximum atomic E-state index is 13.7. The molecular formula is C21H21N3O5. The molecule has 150 valence electrons. The van der Waals surface area contributed by atoms with Crippen molar-refractivity contribution in [1.82, 2.24) is 4.57 Å². The molecule has 4 rings (SSSR count). The van der Waals surface area contributed by atoms with Crippen LogP contribution in [0, 0.1) is 6.92 Å². The van der Waals surface area contributed by atoms with E-state index < -0.39 is 22.9 Å². The summed E-state index contributed by atoms with van der Waals surface area (Å²) < 4.78 is 12.3. The molecule has 2 aliphatic rings. The lowest BCUT2D eigenvalue weighted by Gasteiger charge is -2.35. The second-order valence-corrected chi connectivity index (χ2v) is 7.08. The number of ether oxygens (including phenoxy) is 2. The normalized spacial score (nSPS) is 19.9. The first-order valence-electron chi connectivity index (χ1n) is 9.20. The fourth-order valence-corrected chi connectivity index (χ4v) is 4.20. The Morgan fingerprint density at radius 1 is 1.24 bits per heavy atom. The minimum atomic E-state index is -1.74. The van der Waals surface area contributed by atoms with E-state index in [1.807, 2.05) is 0 Å². The van der Waals surface area contributed by atoms with Crippen LogP contribution in [0.4, 0.5) is 5.69 Å². The minimum Gasteiger partial charge on any atom is -0.462 e. The molecular weight excluding hydrogens is 374 g/mol. The van der Waals surface area contributed by atoms with Crippen LogP contribution in [-0.2, 0) is 26.8 Å². The molecule has 0 unspecified atom stereocenters. The first-order chi connectivity index (χ1) is 13.8. The molecule has 0 saturated heterocycles. The van der Waals surface area contributed by atoms with Crippen LogP contribution < -0.4 is 20.9 Å². The summed E-state index contributed by atoms with van der Waals surface area (Å²) in [4.78, 5) is 41.5. The summed E-state index contributed by atoms with van der Waals surface area (Å²) in [5, 5.41) is 0. The summed E-state index contributed by atoms with van der Waals surface area (Å²) in [6.45, 7) is 3.48. The van der Waals surface area contributed by atoms with Gasteiger partial charge in [-0.1, -0.05) is 18.2 Å². The van der Waals surface area contributed by atoms with Crippen LogP contribution in [-0.4, -0.2) is 30.1 Å². The highest BCUT2D eigenvalue weighted by Gasteiger charge is 2.61. The van der Waals surface area contributed by atoms with E-state index in [4.69, 9.17) is 15.2 Å². The highest BCUT2D eigenvalue weighted by Crippen LogP contribution is 2.54. The highest BCUT2D eigenvalue weighted by molar-refractivity contribution is 6.18. The topological polar surface area (TPSA) is 104 Å². The number of fused-ring (bicyclic) bond motifs is 4. The van der Waals surface area contributed by atoms with Crippen molar-refractivity contribution in [2.45, 2.75) is 19.3 Å². The van der Waals surface area contributed by atoms with Gasteiger partial charge < -0.3 is 24.7 Å². The van der Waals surface area contributed by atoms with Gasteiger partial charge in [-0.3, -0.25) is 9.59 Å².